The van der Waals surface area contributed by atoms with Gasteiger partial charge in [-0.05, 0) is 55.2 Å². The molecule has 154 valence electrons. The molecule has 0 heterocycles. The fourth-order valence-electron chi connectivity index (χ4n) is 3.69. The van der Waals surface area contributed by atoms with E-state index < -0.39 is 5.92 Å². The normalized spacial score (nSPS) is 18.3. The van der Waals surface area contributed by atoms with Crippen molar-refractivity contribution in [1.82, 2.24) is 5.32 Å². The molecule has 1 aliphatic carbocycles. The van der Waals surface area contributed by atoms with Gasteiger partial charge in [0.2, 0.25) is 0 Å². The number of hydrogen-bond acceptors (Lipinski definition) is 5. The van der Waals surface area contributed by atoms with Gasteiger partial charge < -0.3 is 14.8 Å². The molecule has 0 bridgehead atoms. The first-order chi connectivity index (χ1) is 14.5. The number of amides is 1. The molecule has 30 heavy (non-hydrogen) atoms. The lowest BCUT2D eigenvalue weighted by molar-refractivity contribution is -0.146. The van der Waals surface area contributed by atoms with Crippen molar-refractivity contribution in [3.8, 4) is 11.8 Å². The second-order valence-corrected chi connectivity index (χ2v) is 7.06. The molecule has 0 saturated carbocycles. The summed E-state index contributed by atoms with van der Waals surface area (Å²) in [4.78, 5) is 25.3. The van der Waals surface area contributed by atoms with Crippen molar-refractivity contribution in [2.75, 3.05) is 13.7 Å². The molecule has 0 saturated heterocycles. The van der Waals surface area contributed by atoms with Crippen LogP contribution >= 0.6 is 0 Å². The van der Waals surface area contributed by atoms with Gasteiger partial charge in [0.1, 0.15) is 5.75 Å². The highest BCUT2D eigenvalue weighted by molar-refractivity contribution is 5.94. The third kappa shape index (κ3) is 4.87. The van der Waals surface area contributed by atoms with E-state index in [0.717, 1.165) is 5.56 Å². The van der Waals surface area contributed by atoms with Gasteiger partial charge in [0, 0.05) is 11.6 Å². The summed E-state index contributed by atoms with van der Waals surface area (Å²) in [5.74, 6) is -0.483. The molecular formula is C24H24N2O4. The number of rotatable bonds is 7. The molecule has 1 aliphatic rings. The van der Waals surface area contributed by atoms with Crippen molar-refractivity contribution in [2.24, 2.45) is 5.92 Å². The van der Waals surface area contributed by atoms with Gasteiger partial charge in [-0.15, -0.1) is 0 Å². The van der Waals surface area contributed by atoms with Gasteiger partial charge in [0.05, 0.1) is 31.3 Å². The summed E-state index contributed by atoms with van der Waals surface area (Å²) in [6.45, 7) is 2.08. The number of carbonyl (C=O) groups is 2. The molecule has 0 radical (unpaired) electrons. The monoisotopic (exact) mass is 404 g/mol. The summed E-state index contributed by atoms with van der Waals surface area (Å²) in [5, 5.41) is 12.0. The van der Waals surface area contributed by atoms with Crippen LogP contribution in [0.3, 0.4) is 0 Å². The van der Waals surface area contributed by atoms with Crippen molar-refractivity contribution < 1.29 is 19.1 Å². The fourth-order valence-corrected chi connectivity index (χ4v) is 3.69. The van der Waals surface area contributed by atoms with Crippen LogP contribution in [0.1, 0.15) is 40.7 Å². The number of ether oxygens (including phenoxy) is 2. The number of esters is 1. The lowest BCUT2D eigenvalue weighted by Crippen LogP contribution is -2.33. The van der Waals surface area contributed by atoms with Crippen LogP contribution in [0.15, 0.2) is 60.7 Å². The highest BCUT2D eigenvalue weighted by Gasteiger charge is 2.34. The van der Waals surface area contributed by atoms with Gasteiger partial charge in [-0.3, -0.25) is 9.59 Å². The molecule has 0 aliphatic heterocycles. The van der Waals surface area contributed by atoms with E-state index in [1.807, 2.05) is 42.5 Å². The number of carbonyl (C=O) groups excluding carboxylic acids is 2. The van der Waals surface area contributed by atoms with Crippen LogP contribution in [0.4, 0.5) is 0 Å². The standard InChI is InChI=1S/C24H24N2O4/c1-3-30-24(28)22(17-7-5-9-21(14-17)29-2)18-10-11-20(13-18)26-23(27)19-8-4-6-16(12-19)15-25/h4-12,14,18,20,22H,3,13H2,1-2H3,(H,26,27). The Hall–Kier alpha value is -3.59. The Morgan fingerprint density at radius 2 is 2.00 bits per heavy atom. The van der Waals surface area contributed by atoms with Crippen LogP contribution < -0.4 is 10.1 Å². The average Bonchev–Trinajstić information content (AvgIpc) is 3.22. The first kappa shape index (κ1) is 21.1. The highest BCUT2D eigenvalue weighted by Crippen LogP contribution is 2.35. The van der Waals surface area contributed by atoms with E-state index >= 15 is 0 Å². The smallest absolute Gasteiger partial charge is 0.314 e. The molecule has 0 spiro atoms. The van der Waals surface area contributed by atoms with Crippen molar-refractivity contribution >= 4 is 11.9 Å². The molecule has 1 amide bonds. The number of benzene rings is 2. The molecule has 1 N–H and O–H groups in total. The maximum atomic E-state index is 12.7. The maximum Gasteiger partial charge on any atom is 0.314 e. The molecule has 0 aromatic heterocycles. The predicted molar refractivity (Wildman–Crippen MR) is 112 cm³/mol. The molecule has 3 atom stereocenters. The quantitative estimate of drug-likeness (QED) is 0.563. The Morgan fingerprint density at radius 3 is 2.73 bits per heavy atom. The Kier molecular flexibility index (Phi) is 6.87. The first-order valence-electron chi connectivity index (χ1n) is 9.85. The van der Waals surface area contributed by atoms with Crippen LogP contribution in [0.2, 0.25) is 0 Å². The van der Waals surface area contributed by atoms with E-state index in [9.17, 15) is 9.59 Å². The zero-order chi connectivity index (χ0) is 21.5. The summed E-state index contributed by atoms with van der Waals surface area (Å²) in [6, 6.07) is 15.8. The van der Waals surface area contributed by atoms with Gasteiger partial charge in [0.15, 0.2) is 0 Å². The fraction of sp³-hybridized carbons (Fsp3) is 0.292. The van der Waals surface area contributed by atoms with Gasteiger partial charge in [0.25, 0.3) is 5.91 Å². The lowest BCUT2D eigenvalue weighted by atomic mass is 9.85. The number of nitrogens with zero attached hydrogens (tertiary/aromatic N) is 1. The summed E-state index contributed by atoms with van der Waals surface area (Å²) >= 11 is 0. The largest absolute Gasteiger partial charge is 0.497 e. The van der Waals surface area contributed by atoms with Crippen molar-refractivity contribution in [2.45, 2.75) is 25.3 Å². The van der Waals surface area contributed by atoms with E-state index in [1.54, 1.807) is 38.3 Å². The molecular weight excluding hydrogens is 380 g/mol. The van der Waals surface area contributed by atoms with Crippen molar-refractivity contribution in [3.05, 3.63) is 77.4 Å². The Labute approximate surface area is 176 Å². The summed E-state index contributed by atoms with van der Waals surface area (Å²) in [7, 11) is 1.58. The minimum Gasteiger partial charge on any atom is -0.497 e. The predicted octanol–water partition coefficient (Wildman–Crippen LogP) is 3.59. The molecule has 3 unspecified atom stereocenters. The van der Waals surface area contributed by atoms with Crippen LogP contribution in [0, 0.1) is 17.2 Å². The van der Waals surface area contributed by atoms with Crippen molar-refractivity contribution in [1.29, 1.82) is 5.26 Å². The van der Waals surface area contributed by atoms with E-state index in [-0.39, 0.29) is 23.8 Å². The van der Waals surface area contributed by atoms with E-state index in [2.05, 4.69) is 5.32 Å². The van der Waals surface area contributed by atoms with Gasteiger partial charge in [-0.25, -0.2) is 0 Å². The van der Waals surface area contributed by atoms with Gasteiger partial charge in [-0.2, -0.15) is 5.26 Å². The maximum absolute atomic E-state index is 12.7. The molecule has 6 heteroatoms. The van der Waals surface area contributed by atoms with Gasteiger partial charge in [-0.1, -0.05) is 30.4 Å². The van der Waals surface area contributed by atoms with E-state index in [0.29, 0.717) is 29.9 Å². The number of methoxy groups -OCH3 is 1. The number of nitrogens with one attached hydrogen (secondary N) is 1. The molecule has 2 aromatic rings. The Bertz CT molecular complexity index is 993. The second kappa shape index (κ2) is 9.75. The molecule has 2 aromatic carbocycles. The number of nitriles is 1. The van der Waals surface area contributed by atoms with Gasteiger partial charge >= 0.3 is 5.97 Å². The summed E-state index contributed by atoms with van der Waals surface area (Å²) in [6.07, 6.45) is 4.44. The summed E-state index contributed by atoms with van der Waals surface area (Å²) in [5.41, 5.74) is 1.68. The highest BCUT2D eigenvalue weighted by atomic mass is 16.5. The zero-order valence-electron chi connectivity index (χ0n) is 17.0. The number of hydrogen-bond donors (Lipinski definition) is 1. The Balaban J connectivity index is 1.74. The summed E-state index contributed by atoms with van der Waals surface area (Å²) < 4.78 is 10.6. The Morgan fingerprint density at radius 1 is 1.20 bits per heavy atom. The van der Waals surface area contributed by atoms with Crippen LogP contribution in [-0.4, -0.2) is 31.6 Å². The van der Waals surface area contributed by atoms with Crippen LogP contribution in [0.5, 0.6) is 5.75 Å². The first-order valence-corrected chi connectivity index (χ1v) is 9.85. The minimum atomic E-state index is -0.486. The second-order valence-electron chi connectivity index (χ2n) is 7.06. The van der Waals surface area contributed by atoms with Crippen molar-refractivity contribution in [3.63, 3.8) is 0 Å². The van der Waals surface area contributed by atoms with E-state index in [1.165, 1.54) is 0 Å². The lowest BCUT2D eigenvalue weighted by Gasteiger charge is -2.23. The SMILES string of the molecule is CCOC(=O)C(c1cccc(OC)c1)C1C=CC(NC(=O)c2cccc(C#N)c2)C1. The minimum absolute atomic E-state index is 0.119. The van der Waals surface area contributed by atoms with E-state index in [4.69, 9.17) is 14.7 Å². The molecule has 3 rings (SSSR count). The number of allylic oxidation sites excluding steroid dienone is 1. The average molecular weight is 404 g/mol. The van der Waals surface area contributed by atoms with Crippen LogP contribution in [-0.2, 0) is 9.53 Å². The van der Waals surface area contributed by atoms with Crippen LogP contribution in [0.25, 0.3) is 0 Å². The zero-order valence-corrected chi connectivity index (χ0v) is 17.0. The molecule has 0 fully saturated rings. The molecule has 6 nitrogen and oxygen atoms in total. The third-order valence-corrected chi connectivity index (χ3v) is 5.11. The topological polar surface area (TPSA) is 88.4 Å². The third-order valence-electron chi connectivity index (χ3n) is 5.11.